The van der Waals surface area contributed by atoms with Gasteiger partial charge in [-0.15, -0.1) is 0 Å². The quantitative estimate of drug-likeness (QED) is 0.815. The fourth-order valence-electron chi connectivity index (χ4n) is 3.21. The minimum Gasteiger partial charge on any atom is -0.451 e. The van der Waals surface area contributed by atoms with Crippen molar-refractivity contribution < 1.29 is 18.8 Å². The van der Waals surface area contributed by atoms with E-state index >= 15 is 0 Å². The number of piperidine rings is 1. The van der Waals surface area contributed by atoms with E-state index in [0.717, 1.165) is 18.2 Å². The van der Waals surface area contributed by atoms with Gasteiger partial charge in [0.05, 0.1) is 6.54 Å². The highest BCUT2D eigenvalue weighted by Crippen LogP contribution is 2.19. The Morgan fingerprint density at radius 3 is 2.89 bits per heavy atom. The number of benzene rings is 1. The molecule has 2 heterocycles. The molecule has 1 fully saturated rings. The first-order valence-corrected chi connectivity index (χ1v) is 8.92. The Hall–Kier alpha value is -3.09. The third-order valence-electron chi connectivity index (χ3n) is 4.68. The van der Waals surface area contributed by atoms with Crippen molar-refractivity contribution in [1.29, 1.82) is 0 Å². The Balaban J connectivity index is 1.59. The van der Waals surface area contributed by atoms with E-state index in [1.54, 1.807) is 18.0 Å². The maximum atomic E-state index is 12.5. The number of nitrogens with zero attached hydrogens (tertiary/aromatic N) is 2. The highest BCUT2D eigenvalue weighted by Gasteiger charge is 2.26. The molecule has 0 radical (unpaired) electrons. The first-order valence-electron chi connectivity index (χ1n) is 8.92. The van der Waals surface area contributed by atoms with Crippen LogP contribution in [0.15, 0.2) is 47.4 Å². The lowest BCUT2D eigenvalue weighted by atomic mass is 10.1. The SMILES string of the molecule is C=CC(=O)N(C)CC(=O)N1CCCC(NC(=O)c2cc3ccccc3o2)C1. The molecule has 0 saturated carbocycles. The molecule has 142 valence electrons. The second-order valence-electron chi connectivity index (χ2n) is 6.70. The smallest absolute Gasteiger partial charge is 0.287 e. The maximum Gasteiger partial charge on any atom is 0.287 e. The van der Waals surface area contributed by atoms with Crippen LogP contribution in [0.25, 0.3) is 11.0 Å². The van der Waals surface area contributed by atoms with Crippen LogP contribution in [0.4, 0.5) is 0 Å². The van der Waals surface area contributed by atoms with E-state index in [2.05, 4.69) is 11.9 Å². The number of carbonyl (C=O) groups excluding carboxylic acids is 3. The van der Waals surface area contributed by atoms with E-state index in [4.69, 9.17) is 4.42 Å². The van der Waals surface area contributed by atoms with E-state index in [1.807, 2.05) is 24.3 Å². The van der Waals surface area contributed by atoms with Crippen molar-refractivity contribution in [2.45, 2.75) is 18.9 Å². The summed E-state index contributed by atoms with van der Waals surface area (Å²) in [6, 6.07) is 9.01. The second kappa shape index (κ2) is 8.07. The Labute approximate surface area is 157 Å². The molecule has 0 bridgehead atoms. The molecule has 1 aliphatic heterocycles. The van der Waals surface area contributed by atoms with Crippen molar-refractivity contribution >= 4 is 28.7 Å². The van der Waals surface area contributed by atoms with Crippen LogP contribution in [0.5, 0.6) is 0 Å². The molecule has 7 nitrogen and oxygen atoms in total. The molecule has 1 aromatic heterocycles. The van der Waals surface area contributed by atoms with Crippen LogP contribution in [0.1, 0.15) is 23.4 Å². The highest BCUT2D eigenvalue weighted by atomic mass is 16.3. The van der Waals surface area contributed by atoms with Crippen molar-refractivity contribution in [3.8, 4) is 0 Å². The van der Waals surface area contributed by atoms with Crippen molar-refractivity contribution in [1.82, 2.24) is 15.1 Å². The van der Waals surface area contributed by atoms with Crippen LogP contribution < -0.4 is 5.32 Å². The predicted molar refractivity (Wildman–Crippen MR) is 101 cm³/mol. The monoisotopic (exact) mass is 369 g/mol. The topological polar surface area (TPSA) is 82.9 Å². The van der Waals surface area contributed by atoms with Gasteiger partial charge >= 0.3 is 0 Å². The molecule has 1 unspecified atom stereocenters. The Morgan fingerprint density at radius 1 is 1.37 bits per heavy atom. The van der Waals surface area contributed by atoms with Crippen molar-refractivity contribution in [3.05, 3.63) is 48.7 Å². The van der Waals surface area contributed by atoms with E-state index in [1.165, 1.54) is 11.0 Å². The number of furan rings is 1. The fraction of sp³-hybridized carbons (Fsp3) is 0.350. The van der Waals surface area contributed by atoms with Gasteiger partial charge in [0.15, 0.2) is 5.76 Å². The van der Waals surface area contributed by atoms with Gasteiger partial charge in [0.1, 0.15) is 5.58 Å². The third kappa shape index (κ3) is 4.36. The summed E-state index contributed by atoms with van der Waals surface area (Å²) in [5.74, 6) is -0.467. The number of likely N-dealkylation sites (N-methyl/N-ethyl adjacent to an activating group) is 1. The molecule has 27 heavy (non-hydrogen) atoms. The van der Waals surface area contributed by atoms with Gasteiger partial charge in [-0.25, -0.2) is 0 Å². The lowest BCUT2D eigenvalue weighted by Crippen LogP contribution is -2.51. The first kappa shape index (κ1) is 18.7. The first-order chi connectivity index (χ1) is 13.0. The minimum atomic E-state index is -0.296. The number of hydrogen-bond donors (Lipinski definition) is 1. The van der Waals surface area contributed by atoms with Gasteiger partial charge < -0.3 is 19.5 Å². The van der Waals surface area contributed by atoms with Gasteiger partial charge in [0.2, 0.25) is 11.8 Å². The Bertz CT molecular complexity index is 840. The zero-order valence-electron chi connectivity index (χ0n) is 15.3. The van der Waals surface area contributed by atoms with Gasteiger partial charge in [-0.2, -0.15) is 0 Å². The molecule has 1 aromatic carbocycles. The fourth-order valence-corrected chi connectivity index (χ4v) is 3.21. The molecular weight excluding hydrogens is 346 g/mol. The molecule has 7 heteroatoms. The number of para-hydroxylation sites is 1. The van der Waals surface area contributed by atoms with Gasteiger partial charge in [0, 0.05) is 31.6 Å². The van der Waals surface area contributed by atoms with E-state index in [-0.39, 0.29) is 36.1 Å². The second-order valence-corrected chi connectivity index (χ2v) is 6.70. The third-order valence-corrected chi connectivity index (χ3v) is 4.68. The standard InChI is InChI=1S/C20H23N3O4/c1-3-18(24)22(2)13-19(25)23-10-6-8-15(12-23)21-20(26)17-11-14-7-4-5-9-16(14)27-17/h3-5,7,9,11,15H,1,6,8,10,12-13H2,2H3,(H,21,26). The summed E-state index contributed by atoms with van der Waals surface area (Å²) in [5.41, 5.74) is 0.665. The van der Waals surface area contributed by atoms with Crippen LogP contribution in [-0.2, 0) is 9.59 Å². The lowest BCUT2D eigenvalue weighted by molar-refractivity contribution is -0.138. The molecule has 1 saturated heterocycles. The molecule has 0 aliphatic carbocycles. The molecule has 3 amide bonds. The number of rotatable bonds is 5. The van der Waals surface area contributed by atoms with Gasteiger partial charge in [-0.05, 0) is 31.1 Å². The van der Waals surface area contributed by atoms with Crippen molar-refractivity contribution in [3.63, 3.8) is 0 Å². The molecular formula is C20H23N3O4. The lowest BCUT2D eigenvalue weighted by Gasteiger charge is -2.34. The summed E-state index contributed by atoms with van der Waals surface area (Å²) in [5, 5.41) is 3.82. The van der Waals surface area contributed by atoms with Gasteiger partial charge in [0.25, 0.3) is 5.91 Å². The molecule has 0 spiro atoms. The number of hydrogen-bond acceptors (Lipinski definition) is 4. The normalized spacial score (nSPS) is 16.8. The number of fused-ring (bicyclic) bond motifs is 1. The number of nitrogens with one attached hydrogen (secondary N) is 1. The minimum absolute atomic E-state index is 0.00487. The summed E-state index contributed by atoms with van der Waals surface area (Å²) in [6.45, 7) is 4.45. The largest absolute Gasteiger partial charge is 0.451 e. The van der Waals surface area contributed by atoms with Crippen molar-refractivity contribution in [2.24, 2.45) is 0 Å². The summed E-state index contributed by atoms with van der Waals surface area (Å²) >= 11 is 0. The molecule has 1 atom stereocenters. The van der Waals surface area contributed by atoms with E-state index in [0.29, 0.717) is 18.7 Å². The van der Waals surface area contributed by atoms with E-state index in [9.17, 15) is 14.4 Å². The molecule has 3 rings (SSSR count). The summed E-state index contributed by atoms with van der Waals surface area (Å²) in [7, 11) is 1.56. The van der Waals surface area contributed by atoms with Crippen molar-refractivity contribution in [2.75, 3.05) is 26.7 Å². The molecule has 1 aliphatic rings. The van der Waals surface area contributed by atoms with E-state index < -0.39 is 0 Å². The predicted octanol–water partition coefficient (Wildman–Crippen LogP) is 1.80. The Morgan fingerprint density at radius 2 is 2.15 bits per heavy atom. The van der Waals surface area contributed by atoms with Gasteiger partial charge in [-0.3, -0.25) is 14.4 Å². The van der Waals surface area contributed by atoms with Crippen LogP contribution in [0, 0.1) is 0 Å². The summed E-state index contributed by atoms with van der Waals surface area (Å²) in [6.07, 6.45) is 2.76. The zero-order valence-corrected chi connectivity index (χ0v) is 15.3. The van der Waals surface area contributed by atoms with Crippen LogP contribution in [-0.4, -0.2) is 60.2 Å². The zero-order chi connectivity index (χ0) is 19.4. The molecule has 1 N–H and O–H groups in total. The maximum absolute atomic E-state index is 12.5. The number of carbonyl (C=O) groups is 3. The summed E-state index contributed by atoms with van der Waals surface area (Å²) in [4.78, 5) is 39.5. The van der Waals surface area contributed by atoms with Crippen LogP contribution in [0.2, 0.25) is 0 Å². The average Bonchev–Trinajstić information content (AvgIpc) is 3.12. The average molecular weight is 369 g/mol. The number of likely N-dealkylation sites (tertiary alicyclic amines) is 1. The van der Waals surface area contributed by atoms with Crippen LogP contribution >= 0.6 is 0 Å². The van der Waals surface area contributed by atoms with Gasteiger partial charge in [-0.1, -0.05) is 24.8 Å². The Kier molecular flexibility index (Phi) is 5.59. The summed E-state index contributed by atoms with van der Waals surface area (Å²) < 4.78 is 5.59. The molecule has 2 aromatic rings. The van der Waals surface area contributed by atoms with Crippen LogP contribution in [0.3, 0.4) is 0 Å². The number of amides is 3. The highest BCUT2D eigenvalue weighted by molar-refractivity contribution is 5.96.